The third-order valence-corrected chi connectivity index (χ3v) is 4.55. The fourth-order valence-corrected chi connectivity index (χ4v) is 3.20. The van der Waals surface area contributed by atoms with Crippen molar-refractivity contribution in [2.45, 2.75) is 19.1 Å². The summed E-state index contributed by atoms with van der Waals surface area (Å²) < 4.78 is 33.6. The minimum atomic E-state index is -3.53. The van der Waals surface area contributed by atoms with Crippen LogP contribution in [0.1, 0.15) is 17.0 Å². The van der Waals surface area contributed by atoms with Crippen LogP contribution < -0.4 is 9.88 Å². The zero-order valence-electron chi connectivity index (χ0n) is 14.4. The number of nitrogens with zero attached hydrogens (tertiary/aromatic N) is 1. The Morgan fingerprint density at radius 3 is 2.42 bits per heavy atom. The Labute approximate surface area is 152 Å². The van der Waals surface area contributed by atoms with Crippen molar-refractivity contribution in [2.75, 3.05) is 6.61 Å². The second-order valence-corrected chi connectivity index (χ2v) is 7.55. The summed E-state index contributed by atoms with van der Waals surface area (Å²) >= 11 is 0. The monoisotopic (exact) mass is 372 g/mol. The van der Waals surface area contributed by atoms with Crippen molar-refractivity contribution in [1.29, 1.82) is 0 Å². The van der Waals surface area contributed by atoms with Gasteiger partial charge in [-0.05, 0) is 36.8 Å². The van der Waals surface area contributed by atoms with E-state index in [4.69, 9.17) is 14.3 Å². The number of aromatic nitrogens is 1. The highest BCUT2D eigenvalue weighted by molar-refractivity contribution is 7.88. The molecule has 0 bridgehead atoms. The van der Waals surface area contributed by atoms with Crippen LogP contribution in [-0.2, 0) is 22.2 Å². The summed E-state index contributed by atoms with van der Waals surface area (Å²) in [6, 6.07) is 16.6. The SMILES string of the molecule is Cc1oc(-c2ccccc2)nc1CCOc1ccc(CS(N)(=O)=O)cc1. The zero-order chi connectivity index (χ0) is 18.6. The molecule has 2 aromatic carbocycles. The lowest BCUT2D eigenvalue weighted by Gasteiger charge is -2.06. The van der Waals surface area contributed by atoms with Gasteiger partial charge in [0.25, 0.3) is 0 Å². The maximum Gasteiger partial charge on any atom is 0.226 e. The minimum absolute atomic E-state index is 0.187. The molecule has 0 aliphatic heterocycles. The Bertz CT molecular complexity index is 965. The van der Waals surface area contributed by atoms with E-state index in [2.05, 4.69) is 4.98 Å². The Morgan fingerprint density at radius 2 is 1.77 bits per heavy atom. The predicted octanol–water partition coefficient (Wildman–Crippen LogP) is 3.06. The van der Waals surface area contributed by atoms with Crippen LogP contribution in [0.15, 0.2) is 59.0 Å². The van der Waals surface area contributed by atoms with E-state index < -0.39 is 10.0 Å². The zero-order valence-corrected chi connectivity index (χ0v) is 15.2. The molecule has 1 aromatic heterocycles. The molecule has 136 valence electrons. The molecule has 0 spiro atoms. The first-order valence-corrected chi connectivity index (χ1v) is 9.86. The van der Waals surface area contributed by atoms with E-state index in [0.717, 1.165) is 17.0 Å². The van der Waals surface area contributed by atoms with Gasteiger partial charge in [-0.3, -0.25) is 0 Å². The molecule has 6 nitrogen and oxygen atoms in total. The molecule has 2 N–H and O–H groups in total. The maximum atomic E-state index is 11.1. The van der Waals surface area contributed by atoms with Gasteiger partial charge in [0.1, 0.15) is 11.5 Å². The molecular weight excluding hydrogens is 352 g/mol. The molecule has 1 heterocycles. The quantitative estimate of drug-likeness (QED) is 0.688. The van der Waals surface area contributed by atoms with Crippen molar-refractivity contribution in [2.24, 2.45) is 5.14 Å². The third kappa shape index (κ3) is 4.93. The number of rotatable bonds is 7. The van der Waals surface area contributed by atoms with Crippen molar-refractivity contribution >= 4 is 10.0 Å². The van der Waals surface area contributed by atoms with Crippen molar-refractivity contribution in [3.8, 4) is 17.2 Å². The van der Waals surface area contributed by atoms with Crippen LogP contribution in [0.5, 0.6) is 5.75 Å². The second kappa shape index (κ2) is 7.72. The molecule has 0 fully saturated rings. The molecule has 7 heteroatoms. The van der Waals surface area contributed by atoms with E-state index in [0.29, 0.717) is 30.2 Å². The molecule has 0 saturated heterocycles. The fourth-order valence-electron chi connectivity index (χ4n) is 2.54. The molecule has 26 heavy (non-hydrogen) atoms. The number of ether oxygens (including phenoxy) is 1. The molecule has 0 atom stereocenters. The lowest BCUT2D eigenvalue weighted by molar-refractivity contribution is 0.320. The molecule has 3 aromatic rings. The number of nitrogens with two attached hydrogens (primary N) is 1. The van der Waals surface area contributed by atoms with E-state index in [9.17, 15) is 8.42 Å². The Kier molecular flexibility index (Phi) is 5.39. The van der Waals surface area contributed by atoms with Gasteiger partial charge < -0.3 is 9.15 Å². The van der Waals surface area contributed by atoms with Gasteiger partial charge >= 0.3 is 0 Å². The van der Waals surface area contributed by atoms with Gasteiger partial charge in [-0.2, -0.15) is 0 Å². The third-order valence-electron chi connectivity index (χ3n) is 3.81. The molecule has 3 rings (SSSR count). The van der Waals surface area contributed by atoms with Crippen molar-refractivity contribution in [3.05, 3.63) is 71.6 Å². The number of aryl methyl sites for hydroxylation is 1. The molecular formula is C19H20N2O4S. The smallest absolute Gasteiger partial charge is 0.226 e. The summed E-state index contributed by atoms with van der Waals surface area (Å²) in [7, 11) is -3.53. The largest absolute Gasteiger partial charge is 0.493 e. The summed E-state index contributed by atoms with van der Waals surface area (Å²) in [5, 5.41) is 5.03. The molecule has 0 unspecified atom stereocenters. The average Bonchev–Trinajstić information content (AvgIpc) is 2.97. The molecule has 0 amide bonds. The highest BCUT2D eigenvalue weighted by Crippen LogP contribution is 2.22. The highest BCUT2D eigenvalue weighted by Gasteiger charge is 2.11. The van der Waals surface area contributed by atoms with Crippen LogP contribution in [0, 0.1) is 6.92 Å². The first kappa shape index (κ1) is 18.2. The van der Waals surface area contributed by atoms with Gasteiger partial charge in [0.2, 0.25) is 15.9 Å². The predicted molar refractivity (Wildman–Crippen MR) is 99.1 cm³/mol. The number of hydrogen-bond donors (Lipinski definition) is 1. The van der Waals surface area contributed by atoms with Crippen LogP contribution in [0.3, 0.4) is 0 Å². The van der Waals surface area contributed by atoms with Gasteiger partial charge in [-0.25, -0.2) is 18.5 Å². The Balaban J connectivity index is 1.58. The van der Waals surface area contributed by atoms with Gasteiger partial charge in [0.15, 0.2) is 0 Å². The number of oxazole rings is 1. The first-order valence-electron chi connectivity index (χ1n) is 8.15. The van der Waals surface area contributed by atoms with Crippen molar-refractivity contribution in [3.63, 3.8) is 0 Å². The summed E-state index contributed by atoms with van der Waals surface area (Å²) in [5.74, 6) is 1.85. The molecule has 0 saturated carbocycles. The summed E-state index contributed by atoms with van der Waals surface area (Å²) in [4.78, 5) is 4.54. The van der Waals surface area contributed by atoms with Gasteiger partial charge in [-0.1, -0.05) is 30.3 Å². The van der Waals surface area contributed by atoms with Gasteiger partial charge in [0, 0.05) is 12.0 Å². The van der Waals surface area contributed by atoms with E-state index in [1.165, 1.54) is 0 Å². The van der Waals surface area contributed by atoms with E-state index in [1.807, 2.05) is 37.3 Å². The average molecular weight is 372 g/mol. The summed E-state index contributed by atoms with van der Waals surface area (Å²) in [6.07, 6.45) is 0.612. The molecule has 0 radical (unpaired) electrons. The van der Waals surface area contributed by atoms with Gasteiger partial charge in [0.05, 0.1) is 18.1 Å². The van der Waals surface area contributed by atoms with Crippen LogP contribution in [0.25, 0.3) is 11.5 Å². The lowest BCUT2D eigenvalue weighted by atomic mass is 10.2. The standard InChI is InChI=1S/C19H20N2O4S/c1-14-18(21-19(25-14)16-5-3-2-4-6-16)11-12-24-17-9-7-15(8-10-17)13-26(20,22)23/h2-10H,11-13H2,1H3,(H2,20,22,23). The lowest BCUT2D eigenvalue weighted by Crippen LogP contribution is -2.14. The number of primary sulfonamides is 1. The van der Waals surface area contributed by atoms with Crippen LogP contribution in [-0.4, -0.2) is 20.0 Å². The van der Waals surface area contributed by atoms with E-state index >= 15 is 0 Å². The first-order chi connectivity index (χ1) is 12.4. The summed E-state index contributed by atoms with van der Waals surface area (Å²) in [5.41, 5.74) is 2.42. The van der Waals surface area contributed by atoms with Crippen LogP contribution in [0.2, 0.25) is 0 Å². The van der Waals surface area contributed by atoms with Crippen molar-refractivity contribution < 1.29 is 17.6 Å². The van der Waals surface area contributed by atoms with Crippen molar-refractivity contribution in [1.82, 2.24) is 4.98 Å². The van der Waals surface area contributed by atoms with E-state index in [-0.39, 0.29) is 5.75 Å². The Morgan fingerprint density at radius 1 is 1.08 bits per heavy atom. The number of sulfonamides is 1. The normalized spacial score (nSPS) is 11.5. The van der Waals surface area contributed by atoms with Crippen LogP contribution in [0.4, 0.5) is 0 Å². The molecule has 0 aliphatic carbocycles. The van der Waals surface area contributed by atoms with E-state index in [1.54, 1.807) is 24.3 Å². The highest BCUT2D eigenvalue weighted by atomic mass is 32.2. The Hall–Kier alpha value is -2.64. The van der Waals surface area contributed by atoms with Gasteiger partial charge in [-0.15, -0.1) is 0 Å². The fraction of sp³-hybridized carbons (Fsp3) is 0.211. The summed E-state index contributed by atoms with van der Waals surface area (Å²) in [6.45, 7) is 2.33. The number of benzene rings is 2. The maximum absolute atomic E-state index is 11.1. The topological polar surface area (TPSA) is 95.4 Å². The van der Waals surface area contributed by atoms with Crippen LogP contribution >= 0.6 is 0 Å². The minimum Gasteiger partial charge on any atom is -0.493 e. The molecule has 0 aliphatic rings. The number of hydrogen-bond acceptors (Lipinski definition) is 5. The second-order valence-electron chi connectivity index (χ2n) is 5.94.